The zero-order valence-electron chi connectivity index (χ0n) is 21.1. The molecule has 1 heterocycles. The van der Waals surface area contributed by atoms with Crippen LogP contribution in [0.5, 0.6) is 11.5 Å². The number of rotatable bonds is 9. The number of benzene rings is 3. The molecule has 0 aliphatic carbocycles. The molecule has 4 aromatic rings. The Bertz CT molecular complexity index is 1720. The van der Waals surface area contributed by atoms with E-state index in [0.717, 1.165) is 12.1 Å². The van der Waals surface area contributed by atoms with Gasteiger partial charge >= 0.3 is 65.2 Å². The minimum atomic E-state index is -4.99. The number of hydrogen-bond donors (Lipinski definition) is 2. The molecule has 1 aromatic heterocycles. The van der Waals surface area contributed by atoms with Crippen molar-refractivity contribution in [3.05, 3.63) is 59.5 Å². The number of anilines is 2. The van der Waals surface area contributed by atoms with Gasteiger partial charge in [-0.1, -0.05) is 11.6 Å². The van der Waals surface area contributed by atoms with Crippen LogP contribution in [-0.4, -0.2) is 35.2 Å². The summed E-state index contributed by atoms with van der Waals surface area (Å²) < 4.78 is 71.5. The van der Waals surface area contributed by atoms with Gasteiger partial charge in [0.05, 0.1) is 28.9 Å². The number of aromatic hydroxyl groups is 1. The summed E-state index contributed by atoms with van der Waals surface area (Å²) in [6.07, 6.45) is -1.36. The molecule has 3 aromatic carbocycles. The van der Waals surface area contributed by atoms with E-state index < -0.39 is 37.8 Å². The SMILES string of the molecule is COc1ccc(N=Nc2c(SOO[O-])cc3cc(Nc4nc(F)nc(F)c4Cl)ccc3c2O)c(S(=O)(=O)[O-])c1.[Na+].[Na+]. The van der Waals surface area contributed by atoms with Gasteiger partial charge < -0.3 is 25.0 Å². The molecule has 0 saturated carbocycles. The maximum absolute atomic E-state index is 13.7. The first-order chi connectivity index (χ1) is 18.5. The van der Waals surface area contributed by atoms with Gasteiger partial charge in [-0.25, -0.2) is 8.42 Å². The van der Waals surface area contributed by atoms with E-state index in [2.05, 4.69) is 34.9 Å². The number of nitrogens with one attached hydrogen (secondary N) is 1. The smallest absolute Gasteiger partial charge is 0.744 e. The molecular weight excluding hydrogens is 634 g/mol. The van der Waals surface area contributed by atoms with E-state index >= 15 is 0 Å². The maximum Gasteiger partial charge on any atom is 1.00 e. The van der Waals surface area contributed by atoms with Crippen LogP contribution in [0.15, 0.2) is 62.5 Å². The van der Waals surface area contributed by atoms with E-state index in [4.69, 9.17) is 16.3 Å². The molecule has 0 unspecified atom stereocenters. The number of methoxy groups -OCH3 is 1. The van der Waals surface area contributed by atoms with Gasteiger partial charge in [-0.3, -0.25) is 5.04 Å². The van der Waals surface area contributed by atoms with Crippen LogP contribution in [0.3, 0.4) is 0 Å². The standard InChI is InChI=1S/C21H14ClF2N5O8S2.2Na/c1-35-11-3-5-13(15(8-11)39(32,33)34)28-29-17-14(38-37-36-31)7-9-6-10(2-4-12(9)18(17)30)25-20-16(22)19(23)26-21(24)27-20;;/h2-8,30-31H,1H3,(H,25,26,27)(H,32,33,34);;/q;2*+1/p-2. The van der Waals surface area contributed by atoms with Crippen LogP contribution in [0.2, 0.25) is 5.02 Å². The number of phenols is 1. The van der Waals surface area contributed by atoms with Crippen LogP contribution in [0.25, 0.3) is 10.8 Å². The fraction of sp³-hybridized carbons (Fsp3) is 0.0476. The fourth-order valence-corrected chi connectivity index (χ4v) is 4.51. The van der Waals surface area contributed by atoms with E-state index in [1.165, 1.54) is 37.4 Å². The summed E-state index contributed by atoms with van der Waals surface area (Å²) in [5.41, 5.74) is -0.405. The van der Waals surface area contributed by atoms with E-state index in [-0.39, 0.29) is 98.0 Å². The van der Waals surface area contributed by atoms with Crippen molar-refractivity contribution < 1.29 is 105 Å². The number of hydrogen-bond acceptors (Lipinski definition) is 14. The van der Waals surface area contributed by atoms with Crippen LogP contribution >= 0.6 is 23.6 Å². The van der Waals surface area contributed by atoms with Gasteiger partial charge in [0.15, 0.2) is 11.6 Å². The third-order valence-corrected chi connectivity index (χ3v) is 6.76. The molecule has 2 N–H and O–H groups in total. The molecule has 0 atom stereocenters. The largest absolute Gasteiger partial charge is 1.00 e. The topological polar surface area (TPSA) is 191 Å². The summed E-state index contributed by atoms with van der Waals surface area (Å²) in [5.74, 6) is -2.06. The third-order valence-electron chi connectivity index (χ3n) is 4.94. The van der Waals surface area contributed by atoms with Crippen molar-refractivity contribution in [2.75, 3.05) is 12.4 Å². The minimum absolute atomic E-state index is 0. The van der Waals surface area contributed by atoms with Crippen LogP contribution in [0.4, 0.5) is 31.7 Å². The van der Waals surface area contributed by atoms with E-state index in [0.29, 0.717) is 17.4 Å². The molecule has 20 heteroatoms. The van der Waals surface area contributed by atoms with E-state index in [1.54, 1.807) is 0 Å². The Morgan fingerprint density at radius 3 is 2.49 bits per heavy atom. The average molecular weight is 646 g/mol. The third kappa shape index (κ3) is 8.44. The van der Waals surface area contributed by atoms with E-state index in [1.807, 2.05) is 0 Å². The Morgan fingerprint density at radius 2 is 1.83 bits per heavy atom. The molecular formula is C21H12ClF2N5Na2O8S2. The number of fused-ring (bicyclic) bond motifs is 1. The summed E-state index contributed by atoms with van der Waals surface area (Å²) >= 11 is 6.12. The summed E-state index contributed by atoms with van der Waals surface area (Å²) in [7, 11) is -3.72. The van der Waals surface area contributed by atoms with Gasteiger partial charge in [0.1, 0.15) is 32.3 Å². The Kier molecular flexibility index (Phi) is 13.1. The molecule has 204 valence electrons. The Morgan fingerprint density at radius 1 is 1.10 bits per heavy atom. The summed E-state index contributed by atoms with van der Waals surface area (Å²) in [6.45, 7) is 0. The fourth-order valence-electron chi connectivity index (χ4n) is 3.26. The van der Waals surface area contributed by atoms with Gasteiger partial charge in [0.25, 0.3) is 0 Å². The first kappa shape index (κ1) is 35.5. The van der Waals surface area contributed by atoms with Crippen molar-refractivity contribution in [1.29, 1.82) is 0 Å². The number of aromatic nitrogens is 2. The number of phenolic OH excluding ortho intramolecular Hbond substituents is 1. The molecule has 0 amide bonds. The molecule has 0 bridgehead atoms. The maximum atomic E-state index is 13.7. The second-order valence-electron chi connectivity index (χ2n) is 7.29. The Balaban J connectivity index is 0.00000294. The molecule has 0 aliphatic heterocycles. The van der Waals surface area contributed by atoms with Crippen LogP contribution < -0.4 is 74.4 Å². The Hall–Kier alpha value is -1.71. The predicted octanol–water partition coefficient (Wildman–Crippen LogP) is -1.42. The van der Waals surface area contributed by atoms with Crippen molar-refractivity contribution >= 4 is 67.4 Å². The van der Waals surface area contributed by atoms with Crippen molar-refractivity contribution in [3.8, 4) is 11.5 Å². The van der Waals surface area contributed by atoms with Gasteiger partial charge in [-0.15, -0.1) is 10.2 Å². The monoisotopic (exact) mass is 645 g/mol. The summed E-state index contributed by atoms with van der Waals surface area (Å²) in [5, 5.41) is 34.9. The van der Waals surface area contributed by atoms with Gasteiger partial charge in [0.2, 0.25) is 5.95 Å². The van der Waals surface area contributed by atoms with Gasteiger partial charge in [-0.2, -0.15) is 23.1 Å². The zero-order valence-corrected chi connectivity index (χ0v) is 27.5. The van der Waals surface area contributed by atoms with Crippen LogP contribution in [0, 0.1) is 12.0 Å². The first-order valence-electron chi connectivity index (χ1n) is 10.2. The number of ether oxygens (including phenoxy) is 1. The minimum Gasteiger partial charge on any atom is -0.744 e. The van der Waals surface area contributed by atoms with E-state index in [9.17, 15) is 32.1 Å². The summed E-state index contributed by atoms with van der Waals surface area (Å²) in [6, 6.07) is 9.07. The molecule has 0 fully saturated rings. The second kappa shape index (κ2) is 15.1. The molecule has 0 spiro atoms. The predicted molar refractivity (Wildman–Crippen MR) is 129 cm³/mol. The number of azo groups is 1. The van der Waals surface area contributed by atoms with Crippen molar-refractivity contribution in [2.24, 2.45) is 10.2 Å². The van der Waals surface area contributed by atoms with Gasteiger partial charge in [0, 0.05) is 11.1 Å². The quantitative estimate of drug-likeness (QED) is 0.0316. The van der Waals surface area contributed by atoms with Crippen molar-refractivity contribution in [2.45, 2.75) is 9.79 Å². The van der Waals surface area contributed by atoms with Crippen LogP contribution in [0.1, 0.15) is 0 Å². The zero-order chi connectivity index (χ0) is 28.3. The molecule has 13 nitrogen and oxygen atoms in total. The number of nitrogens with zero attached hydrogens (tertiary/aromatic N) is 4. The summed E-state index contributed by atoms with van der Waals surface area (Å²) in [4.78, 5) is 5.51. The number of halogens is 3. The molecule has 4 rings (SSSR count). The van der Waals surface area contributed by atoms with Gasteiger partial charge in [-0.05, 0) is 47.9 Å². The van der Waals surface area contributed by atoms with Crippen molar-refractivity contribution in [1.82, 2.24) is 9.97 Å². The molecule has 41 heavy (non-hydrogen) atoms. The molecule has 0 radical (unpaired) electrons. The first-order valence-corrected chi connectivity index (χ1v) is 12.7. The van der Waals surface area contributed by atoms with Crippen molar-refractivity contribution in [3.63, 3.8) is 0 Å². The average Bonchev–Trinajstić information content (AvgIpc) is 2.89. The molecule has 0 saturated heterocycles. The van der Waals surface area contributed by atoms with Crippen LogP contribution in [-0.2, 0) is 19.5 Å². The second-order valence-corrected chi connectivity index (χ2v) is 9.75. The Labute approximate surface area is 283 Å². The normalized spacial score (nSPS) is 11.3. The molecule has 0 aliphatic rings.